The van der Waals surface area contributed by atoms with E-state index in [2.05, 4.69) is 78.1 Å². The van der Waals surface area contributed by atoms with Crippen molar-refractivity contribution in [2.24, 2.45) is 9.98 Å². The van der Waals surface area contributed by atoms with E-state index in [4.69, 9.17) is 18.8 Å². The molecule has 0 bridgehead atoms. The van der Waals surface area contributed by atoms with E-state index in [1.165, 1.54) is 0 Å². The number of fused-ring (bicyclic) bond motifs is 6. The molecule has 5 heteroatoms. The van der Waals surface area contributed by atoms with Gasteiger partial charge in [0, 0.05) is 38.2 Å². The van der Waals surface area contributed by atoms with Crippen LogP contribution in [0.5, 0.6) is 0 Å². The van der Waals surface area contributed by atoms with Gasteiger partial charge in [0.1, 0.15) is 28.2 Å². The fraction of sp³-hybridized carbons (Fsp3) is 0.0256. The van der Waals surface area contributed by atoms with Crippen LogP contribution in [0.25, 0.3) is 55.0 Å². The van der Waals surface area contributed by atoms with Crippen molar-refractivity contribution >= 4 is 55.5 Å². The number of furan rings is 2. The van der Waals surface area contributed by atoms with Crippen molar-refractivity contribution < 1.29 is 8.83 Å². The van der Waals surface area contributed by atoms with E-state index < -0.39 is 6.17 Å². The number of benzene rings is 6. The number of rotatable bonds is 4. The Kier molecular flexibility index (Phi) is 5.50. The van der Waals surface area contributed by atoms with Crippen LogP contribution in [0.15, 0.2) is 158 Å². The van der Waals surface area contributed by atoms with Gasteiger partial charge in [0.25, 0.3) is 0 Å². The summed E-state index contributed by atoms with van der Waals surface area (Å²) in [5.41, 5.74) is 8.46. The number of nitrogens with zero attached hydrogens (tertiary/aromatic N) is 2. The molecule has 1 aliphatic rings. The smallest absolute Gasteiger partial charge is 0.159 e. The Bertz CT molecular complexity index is 2430. The lowest BCUT2D eigenvalue weighted by Gasteiger charge is -2.25. The van der Waals surface area contributed by atoms with Crippen LogP contribution >= 0.6 is 0 Å². The lowest BCUT2D eigenvalue weighted by Crippen LogP contribution is -2.34. The summed E-state index contributed by atoms with van der Waals surface area (Å²) in [7, 11) is 0. The van der Waals surface area contributed by atoms with E-state index in [0.29, 0.717) is 5.84 Å². The standard InChI is InChI=1S/C39H25N3O2/c1-2-12-24(13-3-1)37-40-38(42-39(41-37)31-20-10-19-28-26-15-6-8-21-32(26)44-36(28)31)29-16-5-4-14-25(29)27-18-11-23-34-35(27)30-17-7-9-22-33(30)43-34/h1-23,39H,(H,40,41,42). The highest BCUT2D eigenvalue weighted by atomic mass is 16.3. The second-order valence-corrected chi connectivity index (χ2v) is 11.0. The van der Waals surface area contributed by atoms with Crippen LogP contribution in [0.4, 0.5) is 0 Å². The van der Waals surface area contributed by atoms with Gasteiger partial charge in [-0.25, -0.2) is 9.98 Å². The molecule has 0 amide bonds. The SMILES string of the molecule is c1ccc(C2=NC(c3cccc4c3oc3ccccc34)NC(c3ccccc3-c3cccc4oc5ccccc5c34)=N2)cc1. The van der Waals surface area contributed by atoms with Crippen LogP contribution in [-0.2, 0) is 0 Å². The van der Waals surface area contributed by atoms with E-state index in [9.17, 15) is 0 Å². The van der Waals surface area contributed by atoms with Gasteiger partial charge in [-0.1, -0.05) is 121 Å². The van der Waals surface area contributed by atoms with Gasteiger partial charge in [-0.3, -0.25) is 0 Å². The molecule has 3 heterocycles. The predicted octanol–water partition coefficient (Wildman–Crippen LogP) is 9.65. The molecular weight excluding hydrogens is 542 g/mol. The van der Waals surface area contributed by atoms with Gasteiger partial charge in [0.15, 0.2) is 12.0 Å². The monoisotopic (exact) mass is 567 g/mol. The second kappa shape index (κ2) is 9.82. The molecule has 1 N–H and O–H groups in total. The number of hydrogen-bond donors (Lipinski definition) is 1. The Morgan fingerprint density at radius 3 is 2.00 bits per heavy atom. The largest absolute Gasteiger partial charge is 0.456 e. The highest BCUT2D eigenvalue weighted by Gasteiger charge is 2.26. The highest BCUT2D eigenvalue weighted by molar-refractivity contribution is 6.18. The Balaban J connectivity index is 1.24. The summed E-state index contributed by atoms with van der Waals surface area (Å²) in [5.74, 6) is 1.41. The van der Waals surface area contributed by atoms with E-state index >= 15 is 0 Å². The summed E-state index contributed by atoms with van der Waals surface area (Å²) >= 11 is 0. The lowest BCUT2D eigenvalue weighted by molar-refractivity contribution is 0.628. The molecule has 5 nitrogen and oxygen atoms in total. The van der Waals surface area contributed by atoms with Crippen molar-refractivity contribution in [2.75, 3.05) is 0 Å². The first-order chi connectivity index (χ1) is 21.8. The minimum absolute atomic E-state index is 0.416. The lowest BCUT2D eigenvalue weighted by atomic mass is 9.94. The molecule has 44 heavy (non-hydrogen) atoms. The number of amidine groups is 2. The second-order valence-electron chi connectivity index (χ2n) is 11.0. The summed E-state index contributed by atoms with van der Waals surface area (Å²) in [6.07, 6.45) is -0.416. The zero-order chi connectivity index (χ0) is 29.0. The van der Waals surface area contributed by atoms with E-state index in [0.717, 1.165) is 77.5 Å². The zero-order valence-electron chi connectivity index (χ0n) is 23.6. The van der Waals surface area contributed by atoms with Crippen molar-refractivity contribution in [2.45, 2.75) is 6.17 Å². The first-order valence-electron chi connectivity index (χ1n) is 14.7. The normalized spacial score (nSPS) is 15.0. The molecule has 0 saturated carbocycles. The summed E-state index contributed by atoms with van der Waals surface area (Å²) in [6.45, 7) is 0. The van der Waals surface area contributed by atoms with Crippen LogP contribution in [0.2, 0.25) is 0 Å². The molecule has 0 fully saturated rings. The summed E-state index contributed by atoms with van der Waals surface area (Å²) < 4.78 is 12.7. The fourth-order valence-corrected chi connectivity index (χ4v) is 6.37. The van der Waals surface area contributed by atoms with Crippen molar-refractivity contribution in [1.29, 1.82) is 0 Å². The first kappa shape index (κ1) is 24.6. The topological polar surface area (TPSA) is 63.0 Å². The first-order valence-corrected chi connectivity index (χ1v) is 14.7. The molecule has 2 aromatic heterocycles. The van der Waals surface area contributed by atoms with Gasteiger partial charge in [0.05, 0.1) is 0 Å². The number of hydrogen-bond acceptors (Lipinski definition) is 5. The van der Waals surface area contributed by atoms with Crippen LogP contribution in [0.3, 0.4) is 0 Å². The third kappa shape index (κ3) is 3.87. The molecule has 0 radical (unpaired) electrons. The van der Waals surface area contributed by atoms with Gasteiger partial charge < -0.3 is 14.2 Å². The number of nitrogens with one attached hydrogen (secondary N) is 1. The predicted molar refractivity (Wildman–Crippen MR) is 178 cm³/mol. The van der Waals surface area contributed by atoms with Crippen molar-refractivity contribution in [3.05, 3.63) is 156 Å². The molecular formula is C39H25N3O2. The Hall–Kier alpha value is -5.94. The van der Waals surface area contributed by atoms with Crippen LogP contribution in [0, 0.1) is 0 Å². The molecule has 0 aliphatic carbocycles. The third-order valence-corrected chi connectivity index (χ3v) is 8.38. The third-order valence-electron chi connectivity index (χ3n) is 8.38. The molecule has 9 rings (SSSR count). The molecule has 0 saturated heterocycles. The van der Waals surface area contributed by atoms with Gasteiger partial charge >= 0.3 is 0 Å². The van der Waals surface area contributed by atoms with Gasteiger partial charge in [-0.15, -0.1) is 0 Å². The van der Waals surface area contributed by atoms with E-state index in [-0.39, 0.29) is 0 Å². The van der Waals surface area contributed by atoms with Gasteiger partial charge in [-0.05, 0) is 29.3 Å². The van der Waals surface area contributed by atoms with Crippen molar-refractivity contribution in [1.82, 2.24) is 5.32 Å². The Morgan fingerprint density at radius 1 is 0.500 bits per heavy atom. The Labute approximate surface area is 252 Å². The number of aliphatic imine (C=N–C) groups is 2. The maximum absolute atomic E-state index is 6.43. The average molecular weight is 568 g/mol. The fourth-order valence-electron chi connectivity index (χ4n) is 6.37. The van der Waals surface area contributed by atoms with Crippen molar-refractivity contribution in [3.63, 3.8) is 0 Å². The summed E-state index contributed by atoms with van der Waals surface area (Å²) in [6, 6.07) is 47.4. The molecule has 1 unspecified atom stereocenters. The minimum Gasteiger partial charge on any atom is -0.456 e. The Morgan fingerprint density at radius 2 is 1.14 bits per heavy atom. The summed E-state index contributed by atoms with van der Waals surface area (Å²) in [4.78, 5) is 10.3. The zero-order valence-corrected chi connectivity index (χ0v) is 23.6. The quantitative estimate of drug-likeness (QED) is 0.230. The maximum atomic E-state index is 6.43. The van der Waals surface area contributed by atoms with Gasteiger partial charge in [-0.2, -0.15) is 0 Å². The molecule has 0 spiro atoms. The van der Waals surface area contributed by atoms with Crippen LogP contribution in [-0.4, -0.2) is 11.7 Å². The van der Waals surface area contributed by atoms with Crippen LogP contribution < -0.4 is 5.32 Å². The average Bonchev–Trinajstić information content (AvgIpc) is 3.67. The molecule has 8 aromatic rings. The maximum Gasteiger partial charge on any atom is 0.159 e. The summed E-state index contributed by atoms with van der Waals surface area (Å²) in [5, 5.41) is 8.03. The molecule has 1 atom stereocenters. The molecule has 6 aromatic carbocycles. The van der Waals surface area contributed by atoms with E-state index in [1.807, 2.05) is 66.7 Å². The molecule has 1 aliphatic heterocycles. The van der Waals surface area contributed by atoms with E-state index in [1.54, 1.807) is 0 Å². The van der Waals surface area contributed by atoms with Crippen molar-refractivity contribution in [3.8, 4) is 11.1 Å². The van der Waals surface area contributed by atoms with Gasteiger partial charge in [0.2, 0.25) is 0 Å². The highest BCUT2D eigenvalue weighted by Crippen LogP contribution is 2.39. The minimum atomic E-state index is -0.416. The molecule has 208 valence electrons. The van der Waals surface area contributed by atoms with Crippen LogP contribution in [0.1, 0.15) is 22.9 Å². The number of para-hydroxylation sites is 3.